The van der Waals surface area contributed by atoms with Gasteiger partial charge in [-0.05, 0) is 23.8 Å². The number of nitrogens with zero attached hydrogens (tertiary/aromatic N) is 4. The summed E-state index contributed by atoms with van der Waals surface area (Å²) in [5, 5.41) is 20.4. The number of hydrogen-bond donors (Lipinski definition) is 1. The molecule has 1 aromatic carbocycles. The lowest BCUT2D eigenvalue weighted by molar-refractivity contribution is -0.384. The minimum absolute atomic E-state index is 0.0144. The average molecular weight is 330 g/mol. The largest absolute Gasteiger partial charge is 0.493 e. The van der Waals surface area contributed by atoms with E-state index in [9.17, 15) is 24.8 Å². The molecule has 0 fully saturated rings. The maximum Gasteiger partial charge on any atom is 0.333 e. The van der Waals surface area contributed by atoms with Gasteiger partial charge in [-0.2, -0.15) is 0 Å². The molecule has 2 aromatic rings. The molecular weight excluding hydrogens is 316 g/mol. The van der Waals surface area contributed by atoms with Crippen LogP contribution in [0.2, 0.25) is 0 Å². The van der Waals surface area contributed by atoms with Crippen molar-refractivity contribution in [2.45, 2.75) is 0 Å². The standard InChI is InChI=1S/C15H14N4O5/c1-17-13(20)12(14(21)18(2)15(17)22)16-9-3-4-10-5-7-11(8-6-10)19(23)24/h3-9,20H,1-2H3/b4-3+,16-9?. The summed E-state index contributed by atoms with van der Waals surface area (Å²) in [7, 11) is 2.61. The Morgan fingerprint density at radius 2 is 1.79 bits per heavy atom. The first-order chi connectivity index (χ1) is 11.3. The Labute approximate surface area is 135 Å². The molecule has 0 aliphatic rings. The van der Waals surface area contributed by atoms with Crippen LogP contribution in [0, 0.1) is 10.1 Å². The van der Waals surface area contributed by atoms with E-state index >= 15 is 0 Å². The number of non-ortho nitro benzene ring substituents is 1. The van der Waals surface area contributed by atoms with Gasteiger partial charge in [0.1, 0.15) is 0 Å². The Kier molecular flexibility index (Phi) is 4.73. The second-order valence-corrected chi connectivity index (χ2v) is 4.86. The summed E-state index contributed by atoms with van der Waals surface area (Å²) in [5.74, 6) is -0.525. The van der Waals surface area contributed by atoms with Gasteiger partial charge in [0.05, 0.1) is 4.92 Å². The lowest BCUT2D eigenvalue weighted by atomic mass is 10.2. The highest BCUT2D eigenvalue weighted by molar-refractivity contribution is 5.81. The zero-order valence-corrected chi connectivity index (χ0v) is 12.9. The van der Waals surface area contributed by atoms with Crippen molar-refractivity contribution in [2.75, 3.05) is 0 Å². The van der Waals surface area contributed by atoms with Crippen LogP contribution in [0.1, 0.15) is 5.56 Å². The number of nitro benzene ring substituents is 1. The van der Waals surface area contributed by atoms with Crippen molar-refractivity contribution < 1.29 is 10.0 Å². The molecule has 0 bridgehead atoms. The van der Waals surface area contributed by atoms with E-state index < -0.39 is 22.1 Å². The summed E-state index contributed by atoms with van der Waals surface area (Å²) in [6.07, 6.45) is 4.41. The molecule has 1 aromatic heterocycles. The van der Waals surface area contributed by atoms with Crippen molar-refractivity contribution in [3.8, 4) is 5.88 Å². The SMILES string of the molecule is Cn1c(O)c(N=C/C=C/c2ccc([N+](=O)[O-])cc2)c(=O)n(C)c1=O. The quantitative estimate of drug-likeness (QED) is 0.511. The van der Waals surface area contributed by atoms with Crippen molar-refractivity contribution in [1.82, 2.24) is 9.13 Å². The summed E-state index contributed by atoms with van der Waals surface area (Å²) in [6, 6.07) is 5.85. The first-order valence-electron chi connectivity index (χ1n) is 6.77. The van der Waals surface area contributed by atoms with Crippen LogP contribution in [0.25, 0.3) is 6.08 Å². The third kappa shape index (κ3) is 3.29. The molecule has 24 heavy (non-hydrogen) atoms. The number of benzene rings is 1. The van der Waals surface area contributed by atoms with Crippen LogP contribution in [-0.4, -0.2) is 25.4 Å². The molecular formula is C15H14N4O5. The van der Waals surface area contributed by atoms with E-state index in [4.69, 9.17) is 0 Å². The zero-order chi connectivity index (χ0) is 17.9. The normalized spacial score (nSPS) is 11.4. The fraction of sp³-hybridized carbons (Fsp3) is 0.133. The zero-order valence-electron chi connectivity index (χ0n) is 12.9. The van der Waals surface area contributed by atoms with Gasteiger partial charge in [-0.1, -0.05) is 6.08 Å². The van der Waals surface area contributed by atoms with Gasteiger partial charge >= 0.3 is 5.69 Å². The van der Waals surface area contributed by atoms with Crippen LogP contribution in [0.3, 0.4) is 0 Å². The third-order valence-electron chi connectivity index (χ3n) is 3.29. The van der Waals surface area contributed by atoms with Crippen LogP contribution in [-0.2, 0) is 14.1 Å². The van der Waals surface area contributed by atoms with E-state index in [1.165, 1.54) is 38.5 Å². The minimum atomic E-state index is -0.712. The van der Waals surface area contributed by atoms with Crippen molar-refractivity contribution >= 4 is 23.7 Å². The summed E-state index contributed by atoms with van der Waals surface area (Å²) >= 11 is 0. The highest BCUT2D eigenvalue weighted by Gasteiger charge is 2.13. The van der Waals surface area contributed by atoms with Gasteiger partial charge in [-0.15, -0.1) is 0 Å². The molecule has 0 radical (unpaired) electrons. The van der Waals surface area contributed by atoms with Gasteiger partial charge in [0.25, 0.3) is 11.2 Å². The van der Waals surface area contributed by atoms with Gasteiger partial charge in [0.2, 0.25) is 5.88 Å². The Balaban J connectivity index is 2.25. The Hall–Kier alpha value is -3.49. The smallest absolute Gasteiger partial charge is 0.333 e. The molecule has 0 aliphatic carbocycles. The van der Waals surface area contributed by atoms with E-state index in [1.807, 2.05) is 0 Å². The molecule has 0 aliphatic heterocycles. The van der Waals surface area contributed by atoms with E-state index in [1.54, 1.807) is 18.2 Å². The first-order valence-corrected chi connectivity index (χ1v) is 6.77. The topological polar surface area (TPSA) is 120 Å². The van der Waals surface area contributed by atoms with E-state index in [2.05, 4.69) is 4.99 Å². The van der Waals surface area contributed by atoms with Crippen LogP contribution in [0.4, 0.5) is 11.4 Å². The molecule has 9 nitrogen and oxygen atoms in total. The van der Waals surface area contributed by atoms with Crippen molar-refractivity contribution in [3.63, 3.8) is 0 Å². The van der Waals surface area contributed by atoms with E-state index in [0.29, 0.717) is 5.56 Å². The number of aromatic nitrogens is 2. The second-order valence-electron chi connectivity index (χ2n) is 4.86. The van der Waals surface area contributed by atoms with Gasteiger partial charge in [0.15, 0.2) is 5.69 Å². The number of hydrogen-bond acceptors (Lipinski definition) is 6. The summed E-state index contributed by atoms with van der Waals surface area (Å²) in [6.45, 7) is 0. The van der Waals surface area contributed by atoms with Gasteiger partial charge in [-0.3, -0.25) is 24.0 Å². The van der Waals surface area contributed by atoms with Crippen molar-refractivity contribution in [1.29, 1.82) is 0 Å². The van der Waals surface area contributed by atoms with Crippen LogP contribution in [0.15, 0.2) is 44.9 Å². The van der Waals surface area contributed by atoms with Gasteiger partial charge < -0.3 is 5.11 Å². The molecule has 9 heteroatoms. The predicted octanol–water partition coefficient (Wildman–Crippen LogP) is 1.11. The first kappa shape index (κ1) is 16.9. The molecule has 0 saturated carbocycles. The molecule has 2 rings (SSSR count). The molecule has 1 N–H and O–H groups in total. The summed E-state index contributed by atoms with van der Waals surface area (Å²) in [4.78, 5) is 37.5. The molecule has 1 heterocycles. The average Bonchev–Trinajstić information content (AvgIpc) is 2.58. The van der Waals surface area contributed by atoms with Gasteiger partial charge in [-0.25, -0.2) is 9.79 Å². The monoisotopic (exact) mass is 330 g/mol. The van der Waals surface area contributed by atoms with E-state index in [-0.39, 0.29) is 11.4 Å². The van der Waals surface area contributed by atoms with Crippen LogP contribution < -0.4 is 11.2 Å². The third-order valence-corrected chi connectivity index (χ3v) is 3.29. The number of nitro groups is 1. The predicted molar refractivity (Wildman–Crippen MR) is 88.9 cm³/mol. The maximum absolute atomic E-state index is 11.9. The molecule has 0 unspecified atom stereocenters. The summed E-state index contributed by atoms with van der Waals surface area (Å²) in [5.41, 5.74) is -0.939. The van der Waals surface area contributed by atoms with E-state index in [0.717, 1.165) is 9.13 Å². The van der Waals surface area contributed by atoms with Crippen LogP contribution in [0.5, 0.6) is 5.88 Å². The Morgan fingerprint density at radius 3 is 2.38 bits per heavy atom. The fourth-order valence-electron chi connectivity index (χ4n) is 1.91. The Bertz CT molecular complexity index is 952. The number of rotatable bonds is 4. The molecule has 124 valence electrons. The molecule has 0 amide bonds. The number of allylic oxidation sites excluding steroid dienone is 1. The lowest BCUT2D eigenvalue weighted by Crippen LogP contribution is -2.36. The second kappa shape index (κ2) is 6.73. The number of aliphatic imine (C=N–C) groups is 1. The number of aromatic hydroxyl groups is 1. The summed E-state index contributed by atoms with van der Waals surface area (Å²) < 4.78 is 1.75. The Morgan fingerprint density at radius 1 is 1.17 bits per heavy atom. The minimum Gasteiger partial charge on any atom is -0.493 e. The molecule has 0 atom stereocenters. The van der Waals surface area contributed by atoms with Crippen molar-refractivity contribution in [3.05, 3.63) is 66.9 Å². The fourth-order valence-corrected chi connectivity index (χ4v) is 1.91. The highest BCUT2D eigenvalue weighted by atomic mass is 16.6. The highest BCUT2D eigenvalue weighted by Crippen LogP contribution is 2.17. The molecule has 0 saturated heterocycles. The lowest BCUT2D eigenvalue weighted by Gasteiger charge is -2.06. The van der Waals surface area contributed by atoms with Crippen molar-refractivity contribution in [2.24, 2.45) is 19.1 Å². The maximum atomic E-state index is 11.9. The van der Waals surface area contributed by atoms with Crippen LogP contribution >= 0.6 is 0 Å². The molecule has 0 spiro atoms. The van der Waals surface area contributed by atoms with Gasteiger partial charge in [0, 0.05) is 32.4 Å².